The van der Waals surface area contributed by atoms with Gasteiger partial charge in [0.25, 0.3) is 17.5 Å². The van der Waals surface area contributed by atoms with Crippen LogP contribution < -0.4 is 5.43 Å². The van der Waals surface area contributed by atoms with Crippen LogP contribution >= 0.6 is 24.0 Å². The normalized spacial score (nSPS) is 15.3. The first-order valence-electron chi connectivity index (χ1n) is 7.45. The van der Waals surface area contributed by atoms with Crippen molar-refractivity contribution in [2.75, 3.05) is 0 Å². The lowest BCUT2D eigenvalue weighted by molar-refractivity contribution is -0.385. The Morgan fingerprint density at radius 3 is 2.56 bits per heavy atom. The van der Waals surface area contributed by atoms with Crippen molar-refractivity contribution < 1.29 is 18.9 Å². The molecular formula is C17H10FN3O4S2. The van der Waals surface area contributed by atoms with E-state index in [0.717, 1.165) is 16.8 Å². The molecule has 1 heterocycles. The number of benzene rings is 2. The average molecular weight is 403 g/mol. The van der Waals surface area contributed by atoms with Crippen LogP contribution in [0.1, 0.15) is 15.9 Å². The molecule has 2 aromatic carbocycles. The van der Waals surface area contributed by atoms with Crippen molar-refractivity contribution >= 4 is 51.9 Å². The van der Waals surface area contributed by atoms with Gasteiger partial charge in [0.1, 0.15) is 11.4 Å². The summed E-state index contributed by atoms with van der Waals surface area (Å²) in [7, 11) is 0. The Labute approximate surface area is 162 Å². The predicted molar refractivity (Wildman–Crippen MR) is 102 cm³/mol. The van der Waals surface area contributed by atoms with Crippen LogP contribution in [0, 0.1) is 15.9 Å². The Morgan fingerprint density at radius 2 is 1.89 bits per heavy atom. The Balaban J connectivity index is 1.81. The van der Waals surface area contributed by atoms with Crippen LogP contribution in [0.2, 0.25) is 0 Å². The molecule has 0 saturated carbocycles. The maximum atomic E-state index is 13.0. The molecule has 0 atom stereocenters. The largest absolute Gasteiger partial charge is 0.285 e. The first kappa shape index (κ1) is 18.7. The fourth-order valence-corrected chi connectivity index (χ4v) is 3.44. The number of thiocarbonyl (C=S) groups is 1. The number of nitrogens with one attached hydrogen (secondary N) is 1. The highest BCUT2D eigenvalue weighted by atomic mass is 32.2. The van der Waals surface area contributed by atoms with E-state index in [-0.39, 0.29) is 20.5 Å². The molecule has 0 unspecified atom stereocenters. The average Bonchev–Trinajstić information content (AvgIpc) is 2.91. The summed E-state index contributed by atoms with van der Waals surface area (Å²) in [4.78, 5) is 35.5. The molecule has 1 saturated heterocycles. The van der Waals surface area contributed by atoms with Crippen LogP contribution in [-0.4, -0.2) is 26.1 Å². The van der Waals surface area contributed by atoms with Crippen molar-refractivity contribution in [3.63, 3.8) is 0 Å². The molecule has 2 amide bonds. The first-order chi connectivity index (χ1) is 12.9. The van der Waals surface area contributed by atoms with Crippen molar-refractivity contribution in [1.29, 1.82) is 0 Å². The molecule has 27 heavy (non-hydrogen) atoms. The van der Waals surface area contributed by atoms with Crippen LogP contribution in [0.3, 0.4) is 0 Å². The summed E-state index contributed by atoms with van der Waals surface area (Å²) in [6.07, 6.45) is 1.51. The monoisotopic (exact) mass is 403 g/mol. The fourth-order valence-electron chi connectivity index (χ4n) is 2.26. The summed E-state index contributed by atoms with van der Waals surface area (Å²) < 4.78 is 13.0. The molecular weight excluding hydrogens is 393 g/mol. The van der Waals surface area contributed by atoms with Gasteiger partial charge in [0.2, 0.25) is 0 Å². The minimum absolute atomic E-state index is 0.0697. The highest BCUT2D eigenvalue weighted by Gasteiger charge is 2.34. The summed E-state index contributed by atoms with van der Waals surface area (Å²) in [6.45, 7) is 0. The Hall–Kier alpha value is -3.11. The Bertz CT molecular complexity index is 992. The van der Waals surface area contributed by atoms with Crippen LogP contribution in [0.5, 0.6) is 0 Å². The number of nitro benzene ring substituents is 1. The molecule has 10 heteroatoms. The number of halogens is 1. The van der Waals surface area contributed by atoms with Crippen LogP contribution in [0.4, 0.5) is 10.1 Å². The molecule has 1 aliphatic heterocycles. The number of thioether (sulfide) groups is 1. The number of para-hydroxylation sites is 1. The second kappa shape index (κ2) is 7.64. The maximum Gasteiger partial charge on any atom is 0.285 e. The number of carbonyl (C=O) groups is 2. The number of amides is 2. The standard InChI is InChI=1S/C17H10FN3O4S2/c18-11-7-5-10(6-8-11)9-14-16(23)20(17(26)27-14)19-15(22)12-3-1-2-4-13(12)21(24)25/h1-9H,(H,19,22)/b14-9-. The van der Waals surface area contributed by atoms with Crippen LogP contribution in [0.25, 0.3) is 6.08 Å². The third-order valence-corrected chi connectivity index (χ3v) is 4.82. The van der Waals surface area contributed by atoms with E-state index in [1.54, 1.807) is 0 Å². The van der Waals surface area contributed by atoms with E-state index in [2.05, 4.69) is 5.43 Å². The SMILES string of the molecule is O=C(NN1C(=O)/C(=C/c2ccc(F)cc2)SC1=S)c1ccccc1[N+](=O)[O-]. The molecule has 0 aromatic heterocycles. The van der Waals surface area contributed by atoms with Gasteiger partial charge in [-0.3, -0.25) is 25.1 Å². The van der Waals surface area contributed by atoms with E-state index < -0.39 is 22.6 Å². The molecule has 136 valence electrons. The second-order valence-corrected chi connectivity index (χ2v) is 6.96. The van der Waals surface area contributed by atoms with Gasteiger partial charge >= 0.3 is 0 Å². The second-order valence-electron chi connectivity index (χ2n) is 5.28. The predicted octanol–water partition coefficient (Wildman–Crippen LogP) is 3.28. The highest BCUT2D eigenvalue weighted by molar-refractivity contribution is 8.26. The lowest BCUT2D eigenvalue weighted by Gasteiger charge is -2.15. The molecule has 0 spiro atoms. The maximum absolute atomic E-state index is 13.0. The summed E-state index contributed by atoms with van der Waals surface area (Å²) in [6, 6.07) is 10.9. The minimum Gasteiger partial charge on any atom is -0.267 e. The van der Waals surface area contributed by atoms with Crippen molar-refractivity contribution in [2.24, 2.45) is 0 Å². The van der Waals surface area contributed by atoms with Gasteiger partial charge < -0.3 is 0 Å². The van der Waals surface area contributed by atoms with Gasteiger partial charge in [-0.05, 0) is 42.1 Å². The fraction of sp³-hybridized carbons (Fsp3) is 0. The zero-order valence-corrected chi connectivity index (χ0v) is 15.1. The van der Waals surface area contributed by atoms with Gasteiger partial charge in [-0.25, -0.2) is 4.39 Å². The number of hydrazine groups is 1. The number of hydrogen-bond donors (Lipinski definition) is 1. The van der Waals surface area contributed by atoms with Crippen molar-refractivity contribution in [3.05, 3.63) is 80.5 Å². The third kappa shape index (κ3) is 4.01. The van der Waals surface area contributed by atoms with Gasteiger partial charge in [-0.2, -0.15) is 5.01 Å². The van der Waals surface area contributed by atoms with E-state index in [1.165, 1.54) is 54.6 Å². The number of carbonyl (C=O) groups excluding carboxylic acids is 2. The molecule has 0 bridgehead atoms. The molecule has 0 aliphatic carbocycles. The lowest BCUT2D eigenvalue weighted by Crippen LogP contribution is -2.45. The van der Waals surface area contributed by atoms with Gasteiger partial charge in [-0.1, -0.05) is 36.0 Å². The molecule has 1 N–H and O–H groups in total. The van der Waals surface area contributed by atoms with Gasteiger partial charge in [0.15, 0.2) is 4.32 Å². The zero-order valence-electron chi connectivity index (χ0n) is 13.4. The van der Waals surface area contributed by atoms with Crippen molar-refractivity contribution in [1.82, 2.24) is 10.4 Å². The Morgan fingerprint density at radius 1 is 1.22 bits per heavy atom. The third-order valence-electron chi connectivity index (χ3n) is 3.52. The van der Waals surface area contributed by atoms with E-state index in [4.69, 9.17) is 12.2 Å². The number of nitrogens with zero attached hydrogens (tertiary/aromatic N) is 2. The zero-order chi connectivity index (χ0) is 19.6. The van der Waals surface area contributed by atoms with E-state index in [0.29, 0.717) is 5.56 Å². The molecule has 2 aromatic rings. The van der Waals surface area contributed by atoms with E-state index in [9.17, 15) is 24.1 Å². The highest BCUT2D eigenvalue weighted by Crippen LogP contribution is 2.31. The van der Waals surface area contributed by atoms with Gasteiger partial charge in [0.05, 0.1) is 9.83 Å². The molecule has 0 radical (unpaired) electrons. The molecule has 3 rings (SSSR count). The molecule has 1 aliphatic rings. The molecule has 1 fully saturated rings. The molecule has 7 nitrogen and oxygen atoms in total. The van der Waals surface area contributed by atoms with Gasteiger partial charge in [-0.15, -0.1) is 0 Å². The van der Waals surface area contributed by atoms with Gasteiger partial charge in [0, 0.05) is 6.07 Å². The number of hydrogen-bond acceptors (Lipinski definition) is 6. The summed E-state index contributed by atoms with van der Waals surface area (Å²) >= 11 is 6.06. The van der Waals surface area contributed by atoms with Crippen LogP contribution in [-0.2, 0) is 4.79 Å². The number of rotatable bonds is 4. The number of nitro groups is 1. The smallest absolute Gasteiger partial charge is 0.267 e. The lowest BCUT2D eigenvalue weighted by atomic mass is 10.2. The van der Waals surface area contributed by atoms with Crippen LogP contribution in [0.15, 0.2) is 53.4 Å². The van der Waals surface area contributed by atoms with E-state index >= 15 is 0 Å². The quantitative estimate of drug-likeness (QED) is 0.365. The summed E-state index contributed by atoms with van der Waals surface area (Å²) in [5, 5.41) is 11.9. The first-order valence-corrected chi connectivity index (χ1v) is 8.67. The Kier molecular flexibility index (Phi) is 5.28. The van der Waals surface area contributed by atoms with E-state index in [1.807, 2.05) is 0 Å². The van der Waals surface area contributed by atoms with Crippen molar-refractivity contribution in [2.45, 2.75) is 0 Å². The summed E-state index contributed by atoms with van der Waals surface area (Å²) in [5.41, 5.74) is 2.30. The summed E-state index contributed by atoms with van der Waals surface area (Å²) in [5.74, 6) is -1.82. The topological polar surface area (TPSA) is 92.6 Å². The van der Waals surface area contributed by atoms with Crippen molar-refractivity contribution in [3.8, 4) is 0 Å². The minimum atomic E-state index is -0.832.